The monoisotopic (exact) mass is 255 g/mol. The molecule has 0 fully saturated rings. The third-order valence-corrected chi connectivity index (χ3v) is 3.01. The topological polar surface area (TPSA) is 29.9 Å². The van der Waals surface area contributed by atoms with Crippen LogP contribution in [0.4, 0.5) is 4.39 Å². The van der Waals surface area contributed by atoms with Gasteiger partial charge in [0, 0.05) is 23.3 Å². The zero-order chi connectivity index (χ0) is 13.8. The molecule has 4 heteroatoms. The second-order valence-corrected chi connectivity index (χ2v) is 5.59. The highest BCUT2D eigenvalue weighted by Gasteiger charge is 2.17. The van der Waals surface area contributed by atoms with Crippen LogP contribution in [0.5, 0.6) is 0 Å². The molecule has 0 amide bonds. The highest BCUT2D eigenvalue weighted by Crippen LogP contribution is 2.17. The molecule has 1 aromatic heterocycles. The van der Waals surface area contributed by atoms with Crippen LogP contribution in [-0.4, -0.2) is 22.0 Å². The number of aryl methyl sites for hydroxylation is 2. The second kappa shape index (κ2) is 6.32. The minimum absolute atomic E-state index is 0.0816. The van der Waals surface area contributed by atoms with Crippen LogP contribution in [0.3, 0.4) is 0 Å². The number of rotatable bonds is 6. The van der Waals surface area contributed by atoms with Crippen LogP contribution in [0.1, 0.15) is 51.6 Å². The predicted molar refractivity (Wildman–Crippen MR) is 73.6 cm³/mol. The Hall–Kier alpha value is -0.900. The standard InChI is InChI=1S/C14H26FN3/c1-6-12-11(10-16-14(3,4)5)13(7-2)18(17-12)9-8-15/h16H,6-10H2,1-5H3. The summed E-state index contributed by atoms with van der Waals surface area (Å²) in [6.45, 7) is 11.5. The molecule has 18 heavy (non-hydrogen) atoms. The summed E-state index contributed by atoms with van der Waals surface area (Å²) in [6, 6.07) is 0. The summed E-state index contributed by atoms with van der Waals surface area (Å²) >= 11 is 0. The summed E-state index contributed by atoms with van der Waals surface area (Å²) in [5.74, 6) is 0. The van der Waals surface area contributed by atoms with E-state index in [4.69, 9.17) is 0 Å². The first-order valence-corrected chi connectivity index (χ1v) is 6.81. The van der Waals surface area contributed by atoms with Crippen molar-refractivity contribution in [2.24, 2.45) is 0 Å². The van der Waals surface area contributed by atoms with Crippen molar-refractivity contribution in [1.82, 2.24) is 15.1 Å². The summed E-state index contributed by atoms with van der Waals surface area (Å²) in [7, 11) is 0. The van der Waals surface area contributed by atoms with E-state index in [0.717, 1.165) is 25.1 Å². The molecular weight excluding hydrogens is 229 g/mol. The molecule has 0 saturated carbocycles. The van der Waals surface area contributed by atoms with E-state index in [-0.39, 0.29) is 12.2 Å². The average Bonchev–Trinajstić information content (AvgIpc) is 2.63. The van der Waals surface area contributed by atoms with E-state index < -0.39 is 0 Å². The molecule has 3 nitrogen and oxygen atoms in total. The first-order valence-electron chi connectivity index (χ1n) is 6.81. The lowest BCUT2D eigenvalue weighted by molar-refractivity contribution is 0.415. The summed E-state index contributed by atoms with van der Waals surface area (Å²) in [5.41, 5.74) is 3.60. The average molecular weight is 255 g/mol. The summed E-state index contributed by atoms with van der Waals surface area (Å²) in [4.78, 5) is 0. The Bertz CT molecular complexity index is 377. The molecule has 0 aliphatic heterocycles. The molecule has 104 valence electrons. The Morgan fingerprint density at radius 3 is 2.33 bits per heavy atom. The number of aromatic nitrogens is 2. The maximum atomic E-state index is 12.5. The van der Waals surface area contributed by atoms with Crippen molar-refractivity contribution in [2.45, 2.75) is 66.1 Å². The maximum Gasteiger partial charge on any atom is 0.109 e. The van der Waals surface area contributed by atoms with Crippen LogP contribution >= 0.6 is 0 Å². The van der Waals surface area contributed by atoms with Gasteiger partial charge in [0.05, 0.1) is 12.2 Å². The molecule has 1 heterocycles. The largest absolute Gasteiger partial charge is 0.308 e. The van der Waals surface area contributed by atoms with E-state index in [2.05, 4.69) is 45.0 Å². The molecule has 0 spiro atoms. The number of nitrogens with one attached hydrogen (secondary N) is 1. The van der Waals surface area contributed by atoms with Gasteiger partial charge in [-0.15, -0.1) is 0 Å². The molecule has 1 N–H and O–H groups in total. The van der Waals surface area contributed by atoms with Crippen LogP contribution < -0.4 is 5.32 Å². The fourth-order valence-corrected chi connectivity index (χ4v) is 2.09. The second-order valence-electron chi connectivity index (χ2n) is 5.59. The molecule has 0 unspecified atom stereocenters. The highest BCUT2D eigenvalue weighted by molar-refractivity contribution is 5.27. The van der Waals surface area contributed by atoms with Crippen molar-refractivity contribution >= 4 is 0 Å². The van der Waals surface area contributed by atoms with Gasteiger partial charge in [0.1, 0.15) is 6.67 Å². The Morgan fingerprint density at radius 2 is 1.89 bits per heavy atom. The molecule has 0 saturated heterocycles. The number of alkyl halides is 1. The van der Waals surface area contributed by atoms with Crippen molar-refractivity contribution in [1.29, 1.82) is 0 Å². The van der Waals surface area contributed by atoms with E-state index in [1.807, 2.05) is 4.68 Å². The lowest BCUT2D eigenvalue weighted by atomic mass is 10.1. The van der Waals surface area contributed by atoms with Crippen LogP contribution in [-0.2, 0) is 25.9 Å². The van der Waals surface area contributed by atoms with Crippen molar-refractivity contribution in [3.63, 3.8) is 0 Å². The number of hydrogen-bond donors (Lipinski definition) is 1. The Balaban J connectivity index is 2.99. The summed E-state index contributed by atoms with van der Waals surface area (Å²) in [6.07, 6.45) is 1.79. The van der Waals surface area contributed by atoms with Gasteiger partial charge in [-0.25, -0.2) is 4.39 Å². The molecule has 0 aliphatic rings. The van der Waals surface area contributed by atoms with Crippen molar-refractivity contribution in [2.75, 3.05) is 6.67 Å². The van der Waals surface area contributed by atoms with E-state index in [1.54, 1.807) is 0 Å². The van der Waals surface area contributed by atoms with E-state index in [1.165, 1.54) is 11.3 Å². The van der Waals surface area contributed by atoms with Gasteiger partial charge < -0.3 is 5.32 Å². The lowest BCUT2D eigenvalue weighted by Crippen LogP contribution is -2.35. The van der Waals surface area contributed by atoms with E-state index >= 15 is 0 Å². The van der Waals surface area contributed by atoms with E-state index in [0.29, 0.717) is 6.54 Å². The van der Waals surface area contributed by atoms with Crippen LogP contribution in [0.25, 0.3) is 0 Å². The normalized spacial score (nSPS) is 12.1. The zero-order valence-corrected chi connectivity index (χ0v) is 12.3. The molecule has 0 aromatic carbocycles. The Morgan fingerprint density at radius 1 is 1.22 bits per heavy atom. The van der Waals surface area contributed by atoms with Gasteiger partial charge in [-0.1, -0.05) is 13.8 Å². The first-order chi connectivity index (χ1) is 8.42. The smallest absolute Gasteiger partial charge is 0.109 e. The van der Waals surface area contributed by atoms with Crippen LogP contribution in [0, 0.1) is 0 Å². The Kier molecular flexibility index (Phi) is 5.32. The number of halogens is 1. The third kappa shape index (κ3) is 3.80. The molecule has 0 radical (unpaired) electrons. The fourth-order valence-electron chi connectivity index (χ4n) is 2.09. The Labute approximate surface area is 110 Å². The summed E-state index contributed by atoms with van der Waals surface area (Å²) in [5, 5.41) is 8.02. The van der Waals surface area contributed by atoms with Gasteiger partial charge in [0.2, 0.25) is 0 Å². The van der Waals surface area contributed by atoms with Crippen LogP contribution in [0.15, 0.2) is 0 Å². The number of nitrogens with zero attached hydrogens (tertiary/aromatic N) is 2. The van der Waals surface area contributed by atoms with Gasteiger partial charge in [0.25, 0.3) is 0 Å². The minimum atomic E-state index is -0.357. The first kappa shape index (κ1) is 15.2. The molecule has 1 rings (SSSR count). The fraction of sp³-hybridized carbons (Fsp3) is 0.786. The quantitative estimate of drug-likeness (QED) is 0.847. The molecule has 0 bridgehead atoms. The maximum absolute atomic E-state index is 12.5. The van der Waals surface area contributed by atoms with Gasteiger partial charge in [-0.2, -0.15) is 5.10 Å². The SMILES string of the molecule is CCc1nn(CCF)c(CC)c1CNC(C)(C)C. The molecular formula is C14H26FN3. The highest BCUT2D eigenvalue weighted by atomic mass is 19.1. The molecule has 0 atom stereocenters. The third-order valence-electron chi connectivity index (χ3n) is 3.01. The molecule has 1 aromatic rings. The van der Waals surface area contributed by atoms with Crippen molar-refractivity contribution in [3.05, 3.63) is 17.0 Å². The van der Waals surface area contributed by atoms with Crippen molar-refractivity contribution in [3.8, 4) is 0 Å². The van der Waals surface area contributed by atoms with Gasteiger partial charge >= 0.3 is 0 Å². The predicted octanol–water partition coefficient (Wildman–Crippen LogP) is 2.87. The van der Waals surface area contributed by atoms with Gasteiger partial charge in [-0.3, -0.25) is 4.68 Å². The van der Waals surface area contributed by atoms with Crippen LogP contribution in [0.2, 0.25) is 0 Å². The minimum Gasteiger partial charge on any atom is -0.308 e. The molecule has 0 aliphatic carbocycles. The van der Waals surface area contributed by atoms with Gasteiger partial charge in [0.15, 0.2) is 0 Å². The van der Waals surface area contributed by atoms with Crippen molar-refractivity contribution < 1.29 is 4.39 Å². The van der Waals surface area contributed by atoms with Gasteiger partial charge in [-0.05, 0) is 33.6 Å². The zero-order valence-electron chi connectivity index (χ0n) is 12.3. The summed E-state index contributed by atoms with van der Waals surface area (Å²) < 4.78 is 14.4. The van der Waals surface area contributed by atoms with E-state index in [9.17, 15) is 4.39 Å². The number of hydrogen-bond acceptors (Lipinski definition) is 2. The lowest BCUT2D eigenvalue weighted by Gasteiger charge is -2.21.